The van der Waals surface area contributed by atoms with Gasteiger partial charge in [-0.2, -0.15) is 0 Å². The third kappa shape index (κ3) is 3.17. The van der Waals surface area contributed by atoms with Crippen molar-refractivity contribution in [3.05, 3.63) is 26.5 Å². The number of hydrogen-bond donors (Lipinski definition) is 2. The average Bonchev–Trinajstić information content (AvgIpc) is 2.91. The zero-order chi connectivity index (χ0) is 19.0. The summed E-state index contributed by atoms with van der Waals surface area (Å²) in [5.41, 5.74) is 6.59. The Hall–Kier alpha value is -2.10. The molecule has 2 heterocycles. The molecule has 0 amide bonds. The van der Waals surface area contributed by atoms with E-state index in [1.807, 2.05) is 0 Å². The highest BCUT2D eigenvalue weighted by molar-refractivity contribution is 9.10. The molecule has 3 aromatic rings. The Kier molecular flexibility index (Phi) is 5.22. The highest BCUT2D eigenvalue weighted by Crippen LogP contribution is 2.45. The van der Waals surface area contributed by atoms with Gasteiger partial charge in [0.05, 0.1) is 34.3 Å². The fourth-order valence-electron chi connectivity index (χ4n) is 2.40. The SMILES string of the molecule is CCOC(=O)c1sc2nc(N)nc(-c3cc(OC)c(Br)cc3Cl)c2c1O. The van der Waals surface area contributed by atoms with E-state index in [1.54, 1.807) is 19.1 Å². The minimum absolute atomic E-state index is 0.0119. The first-order valence-corrected chi connectivity index (χ1v) is 9.35. The number of thiophene rings is 1. The van der Waals surface area contributed by atoms with Crippen LogP contribution in [0.4, 0.5) is 5.95 Å². The number of carbonyl (C=O) groups excluding carboxylic acids is 1. The molecule has 0 atom stereocenters. The lowest BCUT2D eigenvalue weighted by Gasteiger charge is -2.10. The van der Waals surface area contributed by atoms with Gasteiger partial charge in [-0.05, 0) is 35.0 Å². The van der Waals surface area contributed by atoms with Gasteiger partial charge < -0.3 is 20.3 Å². The quantitative estimate of drug-likeness (QED) is 0.563. The maximum absolute atomic E-state index is 12.1. The molecule has 0 saturated carbocycles. The Morgan fingerprint density at radius 2 is 2.15 bits per heavy atom. The summed E-state index contributed by atoms with van der Waals surface area (Å²) in [4.78, 5) is 20.8. The van der Waals surface area contributed by atoms with E-state index in [0.29, 0.717) is 31.3 Å². The number of aromatic hydroxyl groups is 1. The van der Waals surface area contributed by atoms with E-state index in [2.05, 4.69) is 25.9 Å². The number of aromatic nitrogens is 2. The molecule has 3 N–H and O–H groups in total. The molecule has 3 rings (SSSR count). The number of anilines is 1. The number of ether oxygens (including phenoxy) is 2. The molecule has 0 aliphatic carbocycles. The summed E-state index contributed by atoms with van der Waals surface area (Å²) < 4.78 is 10.9. The molecule has 0 bridgehead atoms. The van der Waals surface area contributed by atoms with Crippen LogP contribution in [-0.4, -0.2) is 34.8 Å². The number of halogens is 2. The summed E-state index contributed by atoms with van der Waals surface area (Å²) in [6.07, 6.45) is 0. The molecule has 0 aliphatic rings. The second-order valence-electron chi connectivity index (χ2n) is 5.08. The monoisotopic (exact) mass is 457 g/mol. The molecule has 0 radical (unpaired) electrons. The number of esters is 1. The molecule has 26 heavy (non-hydrogen) atoms. The van der Waals surface area contributed by atoms with Gasteiger partial charge in [0.15, 0.2) is 10.6 Å². The van der Waals surface area contributed by atoms with Gasteiger partial charge in [-0.15, -0.1) is 11.3 Å². The Bertz CT molecular complexity index is 1020. The number of methoxy groups -OCH3 is 1. The predicted octanol–water partition coefficient (Wildman–Crippen LogP) is 4.25. The summed E-state index contributed by atoms with van der Waals surface area (Å²) in [7, 11) is 1.52. The molecule has 0 fully saturated rings. The van der Waals surface area contributed by atoms with E-state index in [-0.39, 0.29) is 28.6 Å². The van der Waals surface area contributed by atoms with E-state index < -0.39 is 5.97 Å². The molecule has 1 aromatic carbocycles. The van der Waals surface area contributed by atoms with Crippen LogP contribution in [0.1, 0.15) is 16.6 Å². The first kappa shape index (κ1) is 18.7. The zero-order valence-corrected chi connectivity index (χ0v) is 16.8. The maximum Gasteiger partial charge on any atom is 0.352 e. The van der Waals surface area contributed by atoms with Crippen molar-refractivity contribution in [2.24, 2.45) is 0 Å². The minimum atomic E-state index is -0.642. The lowest BCUT2D eigenvalue weighted by molar-refractivity contribution is 0.0529. The number of nitrogens with zero attached hydrogens (tertiary/aromatic N) is 2. The van der Waals surface area contributed by atoms with E-state index in [4.69, 9.17) is 26.8 Å². The van der Waals surface area contributed by atoms with Crippen molar-refractivity contribution < 1.29 is 19.4 Å². The van der Waals surface area contributed by atoms with Crippen LogP contribution in [0.15, 0.2) is 16.6 Å². The third-order valence-electron chi connectivity index (χ3n) is 3.50. The number of benzene rings is 1. The lowest BCUT2D eigenvalue weighted by Crippen LogP contribution is -2.02. The molecule has 0 unspecified atom stereocenters. The normalized spacial score (nSPS) is 10.9. The second-order valence-corrected chi connectivity index (χ2v) is 7.34. The van der Waals surface area contributed by atoms with Crippen molar-refractivity contribution in [3.63, 3.8) is 0 Å². The van der Waals surface area contributed by atoms with Crippen LogP contribution in [0.5, 0.6) is 11.5 Å². The van der Waals surface area contributed by atoms with Gasteiger partial charge >= 0.3 is 5.97 Å². The van der Waals surface area contributed by atoms with Crippen molar-refractivity contribution >= 4 is 61.0 Å². The fourth-order valence-corrected chi connectivity index (χ4v) is 4.26. The molecule has 0 aliphatic heterocycles. The Morgan fingerprint density at radius 1 is 1.42 bits per heavy atom. The van der Waals surface area contributed by atoms with Crippen molar-refractivity contribution in [1.29, 1.82) is 0 Å². The van der Waals surface area contributed by atoms with Gasteiger partial charge in [0.25, 0.3) is 0 Å². The smallest absolute Gasteiger partial charge is 0.352 e. The van der Waals surface area contributed by atoms with Crippen LogP contribution < -0.4 is 10.5 Å². The van der Waals surface area contributed by atoms with Crippen molar-refractivity contribution in [2.45, 2.75) is 6.92 Å². The van der Waals surface area contributed by atoms with Gasteiger partial charge in [-0.3, -0.25) is 0 Å². The van der Waals surface area contributed by atoms with Gasteiger partial charge in [-0.25, -0.2) is 14.8 Å². The Morgan fingerprint density at radius 3 is 2.81 bits per heavy atom. The molecule has 10 heteroatoms. The molecule has 7 nitrogen and oxygen atoms in total. The van der Waals surface area contributed by atoms with Crippen LogP contribution in [0.25, 0.3) is 21.5 Å². The molecule has 0 saturated heterocycles. The highest BCUT2D eigenvalue weighted by Gasteiger charge is 2.25. The van der Waals surface area contributed by atoms with Gasteiger partial charge in [0, 0.05) is 5.56 Å². The third-order valence-corrected chi connectivity index (χ3v) is 5.49. The van der Waals surface area contributed by atoms with E-state index in [0.717, 1.165) is 11.3 Å². The van der Waals surface area contributed by atoms with E-state index >= 15 is 0 Å². The van der Waals surface area contributed by atoms with Crippen molar-refractivity contribution in [1.82, 2.24) is 9.97 Å². The number of rotatable bonds is 4. The van der Waals surface area contributed by atoms with Crippen LogP contribution in [0.2, 0.25) is 5.02 Å². The second kappa shape index (κ2) is 7.26. The molecular weight excluding hydrogens is 446 g/mol. The predicted molar refractivity (Wildman–Crippen MR) is 104 cm³/mol. The number of carbonyl (C=O) groups is 1. The molecule has 0 spiro atoms. The number of nitrogen functional groups attached to an aromatic ring is 1. The number of hydrogen-bond acceptors (Lipinski definition) is 8. The largest absolute Gasteiger partial charge is 0.505 e. The maximum atomic E-state index is 12.1. The van der Waals surface area contributed by atoms with Crippen LogP contribution >= 0.6 is 38.9 Å². The molecule has 2 aromatic heterocycles. The summed E-state index contributed by atoms with van der Waals surface area (Å²) in [5.74, 6) is -0.398. The standard InChI is InChI=1S/C16H13BrClN3O4S/c1-3-25-15(23)13-12(22)10-11(20-16(19)21-14(10)26-13)6-4-9(24-2)7(17)5-8(6)18/h4-5,22H,3H2,1-2H3,(H2,19,20,21). The summed E-state index contributed by atoms with van der Waals surface area (Å²) in [5, 5.41) is 11.2. The van der Waals surface area contributed by atoms with Gasteiger partial charge in [0.1, 0.15) is 10.6 Å². The summed E-state index contributed by atoms with van der Waals surface area (Å²) in [6.45, 7) is 1.86. The number of nitrogens with two attached hydrogens (primary N) is 1. The summed E-state index contributed by atoms with van der Waals surface area (Å²) in [6, 6.07) is 3.31. The van der Waals surface area contributed by atoms with Crippen LogP contribution in [0, 0.1) is 0 Å². The van der Waals surface area contributed by atoms with Crippen LogP contribution in [-0.2, 0) is 4.74 Å². The van der Waals surface area contributed by atoms with Crippen molar-refractivity contribution in [3.8, 4) is 22.8 Å². The number of fused-ring (bicyclic) bond motifs is 1. The first-order chi connectivity index (χ1) is 12.4. The van der Waals surface area contributed by atoms with E-state index in [9.17, 15) is 9.90 Å². The topological polar surface area (TPSA) is 108 Å². The fraction of sp³-hybridized carbons (Fsp3) is 0.188. The van der Waals surface area contributed by atoms with Gasteiger partial charge in [0.2, 0.25) is 5.95 Å². The lowest BCUT2D eigenvalue weighted by atomic mass is 10.1. The Labute approximate surface area is 165 Å². The Balaban J connectivity index is 2.32. The average molecular weight is 459 g/mol. The minimum Gasteiger partial charge on any atom is -0.505 e. The summed E-state index contributed by atoms with van der Waals surface area (Å²) >= 11 is 10.7. The molecule has 136 valence electrons. The first-order valence-electron chi connectivity index (χ1n) is 7.36. The highest BCUT2D eigenvalue weighted by atomic mass is 79.9. The van der Waals surface area contributed by atoms with E-state index in [1.165, 1.54) is 7.11 Å². The zero-order valence-electron chi connectivity index (χ0n) is 13.7. The van der Waals surface area contributed by atoms with Crippen molar-refractivity contribution in [2.75, 3.05) is 19.5 Å². The van der Waals surface area contributed by atoms with Crippen LogP contribution in [0.3, 0.4) is 0 Å². The molecular formula is C16H13BrClN3O4S. The van der Waals surface area contributed by atoms with Gasteiger partial charge in [-0.1, -0.05) is 11.6 Å².